The van der Waals surface area contributed by atoms with E-state index in [1.165, 1.54) is 77.0 Å². The molecular weight excluding hydrogens is 525 g/mol. The second-order valence-electron chi connectivity index (χ2n) is 12.1. The zero-order chi connectivity index (χ0) is 29.4. The Kier molecular flexibility index (Phi) is 22.1. The third-order valence-electron chi connectivity index (χ3n) is 6.93. The zero-order valence-electron chi connectivity index (χ0n) is 26.2. The minimum absolute atomic E-state index is 0.0608. The summed E-state index contributed by atoms with van der Waals surface area (Å²) in [5.74, 6) is 0. The number of phosphoric ester groups is 1. The number of hydrogen-bond donors (Lipinski definition) is 1. The Balaban J connectivity index is 2.19. The topological polar surface area (TPSA) is 74.2 Å². The van der Waals surface area contributed by atoms with Crippen LogP contribution in [0.4, 0.5) is 0 Å². The van der Waals surface area contributed by atoms with Gasteiger partial charge in [-0.1, -0.05) is 121 Å². The van der Waals surface area contributed by atoms with Gasteiger partial charge in [0.25, 0.3) is 0 Å². The van der Waals surface area contributed by atoms with Crippen molar-refractivity contribution in [3.63, 3.8) is 0 Å². The summed E-state index contributed by atoms with van der Waals surface area (Å²) in [5, 5.41) is 0. The Morgan fingerprint density at radius 2 is 1.27 bits per heavy atom. The number of phosphoric acid groups is 1. The van der Waals surface area contributed by atoms with Crippen LogP contribution in [-0.2, 0) is 29.7 Å². The first kappa shape index (κ1) is 37.2. The van der Waals surface area contributed by atoms with Gasteiger partial charge in [0.05, 0.1) is 54.1 Å². The van der Waals surface area contributed by atoms with Crippen LogP contribution in [-0.4, -0.2) is 69.6 Å². The molecule has 0 radical (unpaired) electrons. The highest BCUT2D eigenvalue weighted by Gasteiger charge is 2.24. The zero-order valence-corrected chi connectivity index (χ0v) is 27.1. The van der Waals surface area contributed by atoms with Crippen molar-refractivity contribution in [1.29, 1.82) is 0 Å². The van der Waals surface area contributed by atoms with E-state index < -0.39 is 13.9 Å². The predicted octanol–water partition coefficient (Wildman–Crippen LogP) is 8.30. The number of quaternary nitrogens is 1. The normalized spacial score (nSPS) is 14.3. The van der Waals surface area contributed by atoms with E-state index in [0.717, 1.165) is 29.4 Å². The van der Waals surface area contributed by atoms with Gasteiger partial charge < -0.3 is 18.9 Å². The van der Waals surface area contributed by atoms with Crippen molar-refractivity contribution in [3.05, 3.63) is 35.9 Å². The molecule has 234 valence electrons. The molecule has 0 aromatic heterocycles. The average molecular weight is 587 g/mol. The molecule has 1 N–H and O–H groups in total. The van der Waals surface area contributed by atoms with Gasteiger partial charge in [0.15, 0.2) is 0 Å². The lowest BCUT2D eigenvalue weighted by Gasteiger charge is -2.24. The Labute approximate surface area is 246 Å². The van der Waals surface area contributed by atoms with Crippen molar-refractivity contribution in [2.24, 2.45) is 0 Å². The monoisotopic (exact) mass is 586 g/mol. The van der Waals surface area contributed by atoms with Crippen molar-refractivity contribution in [3.8, 4) is 0 Å². The molecule has 0 heterocycles. The molecule has 2 unspecified atom stereocenters. The summed E-state index contributed by atoms with van der Waals surface area (Å²) < 4.78 is 35.4. The number of rotatable bonds is 28. The molecule has 0 spiro atoms. The highest BCUT2D eigenvalue weighted by Crippen LogP contribution is 2.43. The lowest BCUT2D eigenvalue weighted by Crippen LogP contribution is -2.35. The van der Waals surface area contributed by atoms with Gasteiger partial charge in [-0.25, -0.2) is 4.57 Å². The van der Waals surface area contributed by atoms with E-state index in [9.17, 15) is 9.46 Å². The first-order valence-corrected chi connectivity index (χ1v) is 17.4. The SMILES string of the molecule is CCCCCCCCCCCCCCCCOCC(COP(=O)(O)OCCC[N+](C)(C)C)OCc1ccccc1. The van der Waals surface area contributed by atoms with E-state index in [1.807, 2.05) is 30.3 Å². The number of benzene rings is 1. The summed E-state index contributed by atoms with van der Waals surface area (Å²) >= 11 is 0. The van der Waals surface area contributed by atoms with Crippen molar-refractivity contribution < 1.29 is 32.5 Å². The highest BCUT2D eigenvalue weighted by atomic mass is 31.2. The Bertz CT molecular complexity index is 743. The minimum atomic E-state index is -4.14. The standard InChI is InChI=1S/C32H60NO6P/c1-5-6-7-8-9-10-11-12-13-14-15-16-17-21-26-36-29-32(37-28-31-23-19-18-20-24-31)30-39-40(34,35)38-27-22-25-33(2,3)4/h18-20,23-24,32H,5-17,21-22,25-30H2,1-4H3/p+1. The van der Waals surface area contributed by atoms with E-state index >= 15 is 0 Å². The van der Waals surface area contributed by atoms with Crippen LogP contribution in [0.25, 0.3) is 0 Å². The molecule has 0 saturated carbocycles. The summed E-state index contributed by atoms with van der Waals surface area (Å²) in [6.45, 7) is 4.58. The molecule has 0 aliphatic rings. The fraction of sp³-hybridized carbons (Fsp3) is 0.812. The molecule has 1 aromatic rings. The molecule has 0 aliphatic heterocycles. The summed E-state index contributed by atoms with van der Waals surface area (Å²) in [4.78, 5) is 10.1. The van der Waals surface area contributed by atoms with Crippen molar-refractivity contribution in [1.82, 2.24) is 0 Å². The minimum Gasteiger partial charge on any atom is -0.379 e. The molecule has 2 atom stereocenters. The number of nitrogens with zero attached hydrogens (tertiary/aromatic N) is 1. The van der Waals surface area contributed by atoms with Crippen molar-refractivity contribution in [2.45, 2.75) is 116 Å². The van der Waals surface area contributed by atoms with Crippen LogP contribution in [0.15, 0.2) is 30.3 Å². The van der Waals surface area contributed by atoms with Crippen LogP contribution in [0.3, 0.4) is 0 Å². The highest BCUT2D eigenvalue weighted by molar-refractivity contribution is 7.47. The first-order valence-electron chi connectivity index (χ1n) is 15.9. The molecule has 0 aliphatic carbocycles. The second-order valence-corrected chi connectivity index (χ2v) is 13.5. The molecule has 40 heavy (non-hydrogen) atoms. The summed E-state index contributed by atoms with van der Waals surface area (Å²) in [7, 11) is 2.07. The van der Waals surface area contributed by atoms with E-state index in [4.69, 9.17) is 18.5 Å². The van der Waals surface area contributed by atoms with Crippen LogP contribution in [0, 0.1) is 0 Å². The van der Waals surface area contributed by atoms with E-state index in [-0.39, 0.29) is 13.2 Å². The van der Waals surface area contributed by atoms with Crippen LogP contribution in [0.2, 0.25) is 0 Å². The number of ether oxygens (including phenoxy) is 2. The second kappa shape index (κ2) is 23.7. The molecule has 0 saturated heterocycles. The van der Waals surface area contributed by atoms with Crippen molar-refractivity contribution in [2.75, 3.05) is 54.1 Å². The molecule has 0 bridgehead atoms. The molecule has 1 aromatic carbocycles. The van der Waals surface area contributed by atoms with Crippen molar-refractivity contribution >= 4 is 7.82 Å². The van der Waals surface area contributed by atoms with Crippen LogP contribution in [0.1, 0.15) is 109 Å². The van der Waals surface area contributed by atoms with Gasteiger partial charge in [0, 0.05) is 13.0 Å². The van der Waals surface area contributed by atoms with Crippen LogP contribution >= 0.6 is 7.82 Å². The van der Waals surface area contributed by atoms with Gasteiger partial charge in [-0.2, -0.15) is 0 Å². The van der Waals surface area contributed by atoms with E-state index in [2.05, 4.69) is 28.1 Å². The van der Waals surface area contributed by atoms with Gasteiger partial charge in [-0.05, 0) is 12.0 Å². The van der Waals surface area contributed by atoms with E-state index in [1.54, 1.807) is 0 Å². The maximum absolute atomic E-state index is 12.4. The largest absolute Gasteiger partial charge is 0.472 e. The average Bonchev–Trinajstić information content (AvgIpc) is 2.92. The maximum Gasteiger partial charge on any atom is 0.472 e. The van der Waals surface area contributed by atoms with E-state index in [0.29, 0.717) is 26.2 Å². The molecule has 0 fully saturated rings. The predicted molar refractivity (Wildman–Crippen MR) is 165 cm³/mol. The Morgan fingerprint density at radius 1 is 0.725 bits per heavy atom. The Hall–Kier alpha value is -0.790. The van der Waals surface area contributed by atoms with Crippen LogP contribution in [0.5, 0.6) is 0 Å². The fourth-order valence-corrected chi connectivity index (χ4v) is 5.27. The fourth-order valence-electron chi connectivity index (χ4n) is 4.48. The molecule has 8 heteroatoms. The number of unbranched alkanes of at least 4 members (excludes halogenated alkanes) is 13. The lowest BCUT2D eigenvalue weighted by atomic mass is 10.0. The summed E-state index contributed by atoms with van der Waals surface area (Å²) in [6, 6.07) is 9.86. The molecule has 7 nitrogen and oxygen atoms in total. The molecular formula is C32H61NO6P+. The first-order chi connectivity index (χ1) is 19.2. The van der Waals surface area contributed by atoms with Gasteiger partial charge in [0.1, 0.15) is 6.10 Å². The summed E-state index contributed by atoms with van der Waals surface area (Å²) in [5.41, 5.74) is 1.03. The molecule has 1 rings (SSSR count). The quantitative estimate of drug-likeness (QED) is 0.0605. The van der Waals surface area contributed by atoms with Crippen LogP contribution < -0.4 is 0 Å². The third-order valence-corrected chi connectivity index (χ3v) is 7.91. The third kappa shape index (κ3) is 23.9. The van der Waals surface area contributed by atoms with Gasteiger partial charge >= 0.3 is 7.82 Å². The lowest BCUT2D eigenvalue weighted by molar-refractivity contribution is -0.870. The van der Waals surface area contributed by atoms with Gasteiger partial charge in [-0.15, -0.1) is 0 Å². The number of hydrogen-bond acceptors (Lipinski definition) is 5. The smallest absolute Gasteiger partial charge is 0.379 e. The maximum atomic E-state index is 12.4. The Morgan fingerprint density at radius 3 is 1.82 bits per heavy atom. The van der Waals surface area contributed by atoms with Gasteiger partial charge in [-0.3, -0.25) is 9.05 Å². The summed E-state index contributed by atoms with van der Waals surface area (Å²) in [6.07, 6.45) is 18.8. The molecule has 0 amide bonds. The van der Waals surface area contributed by atoms with Gasteiger partial charge in [0.2, 0.25) is 0 Å².